The molecule has 114 valence electrons. The number of nitrogens with zero attached hydrogens (tertiary/aromatic N) is 2. The molecule has 4 rings (SSSR count). The molecule has 0 aliphatic heterocycles. The number of aromatic nitrogens is 2. The van der Waals surface area contributed by atoms with Gasteiger partial charge < -0.3 is 4.98 Å². The Kier molecular flexibility index (Phi) is 3.64. The van der Waals surface area contributed by atoms with Crippen molar-refractivity contribution in [3.63, 3.8) is 0 Å². The van der Waals surface area contributed by atoms with Gasteiger partial charge in [-0.2, -0.15) is 5.26 Å². The Balaban J connectivity index is 1.91. The maximum Gasteiger partial charge on any atom is 0.0998 e. The van der Waals surface area contributed by atoms with Gasteiger partial charge >= 0.3 is 0 Å². The molecule has 0 aliphatic rings. The monoisotopic (exact) mass is 373 g/mol. The molecule has 3 nitrogen and oxygen atoms in total. The third-order valence-electron chi connectivity index (χ3n) is 4.07. The number of nitriles is 1. The first-order valence-electron chi connectivity index (χ1n) is 7.48. The Morgan fingerprint density at radius 1 is 1.17 bits per heavy atom. The maximum atomic E-state index is 9.69. The van der Waals surface area contributed by atoms with E-state index in [1.165, 1.54) is 0 Å². The van der Waals surface area contributed by atoms with Crippen molar-refractivity contribution in [1.29, 1.82) is 5.26 Å². The highest BCUT2D eigenvalue weighted by atomic mass is 79.9. The summed E-state index contributed by atoms with van der Waals surface area (Å²) in [5, 5.41) is 12.9. The lowest BCUT2D eigenvalue weighted by molar-refractivity contribution is 1.36. The summed E-state index contributed by atoms with van der Waals surface area (Å²) in [7, 11) is 0. The van der Waals surface area contributed by atoms with Gasteiger partial charge in [0, 0.05) is 44.9 Å². The average molecular weight is 374 g/mol. The molecule has 0 aliphatic carbocycles. The summed E-state index contributed by atoms with van der Waals surface area (Å²) in [5.41, 5.74) is 3.56. The van der Waals surface area contributed by atoms with Crippen LogP contribution in [0.2, 0.25) is 0 Å². The largest absolute Gasteiger partial charge is 0.360 e. The fraction of sp³-hybridized carbons (Fsp3) is 0. The van der Waals surface area contributed by atoms with E-state index in [1.54, 1.807) is 6.20 Å². The fourth-order valence-corrected chi connectivity index (χ4v) is 3.28. The third-order valence-corrected chi connectivity index (χ3v) is 4.56. The molecule has 0 radical (unpaired) electrons. The Bertz CT molecular complexity index is 1130. The first-order valence-corrected chi connectivity index (χ1v) is 8.27. The second-order valence-corrected chi connectivity index (χ2v) is 6.42. The number of H-pyrrole nitrogens is 1. The number of benzene rings is 2. The zero-order valence-corrected chi connectivity index (χ0v) is 14.2. The van der Waals surface area contributed by atoms with Crippen LogP contribution < -0.4 is 0 Å². The van der Waals surface area contributed by atoms with Crippen LogP contribution in [0.4, 0.5) is 0 Å². The van der Waals surface area contributed by atoms with Crippen molar-refractivity contribution in [2.24, 2.45) is 0 Å². The van der Waals surface area contributed by atoms with Gasteiger partial charge in [-0.3, -0.25) is 4.98 Å². The predicted octanol–water partition coefficient (Wildman–Crippen LogP) is 5.54. The minimum atomic E-state index is 0.632. The maximum absolute atomic E-state index is 9.69. The Morgan fingerprint density at radius 3 is 2.96 bits per heavy atom. The van der Waals surface area contributed by atoms with E-state index in [9.17, 15) is 5.26 Å². The van der Waals surface area contributed by atoms with E-state index in [0.29, 0.717) is 5.57 Å². The molecule has 0 saturated carbocycles. The van der Waals surface area contributed by atoms with Gasteiger partial charge in [0.2, 0.25) is 0 Å². The Hall–Kier alpha value is -2.90. The van der Waals surface area contributed by atoms with Crippen LogP contribution in [0.25, 0.3) is 33.3 Å². The van der Waals surface area contributed by atoms with Crippen LogP contribution in [0, 0.1) is 11.3 Å². The highest BCUT2D eigenvalue weighted by Crippen LogP contribution is 2.29. The smallest absolute Gasteiger partial charge is 0.0998 e. The zero-order valence-electron chi connectivity index (χ0n) is 12.6. The summed E-state index contributed by atoms with van der Waals surface area (Å²) in [6.07, 6.45) is 7.43. The van der Waals surface area contributed by atoms with Gasteiger partial charge in [-0.1, -0.05) is 40.2 Å². The van der Waals surface area contributed by atoms with E-state index in [2.05, 4.69) is 32.0 Å². The van der Waals surface area contributed by atoms with Crippen molar-refractivity contribution in [2.45, 2.75) is 0 Å². The van der Waals surface area contributed by atoms with Crippen molar-refractivity contribution in [3.8, 4) is 6.07 Å². The van der Waals surface area contributed by atoms with Crippen LogP contribution >= 0.6 is 15.9 Å². The summed E-state index contributed by atoms with van der Waals surface area (Å²) in [6, 6.07) is 16.4. The lowest BCUT2D eigenvalue weighted by Gasteiger charge is -2.03. The van der Waals surface area contributed by atoms with Crippen molar-refractivity contribution in [3.05, 3.63) is 76.7 Å². The number of hydrogen-bond acceptors (Lipinski definition) is 2. The SMILES string of the molecule is N#CC(=Cc1cccc2cnccc12)c1c[nH]c2cc(Br)ccc12. The van der Waals surface area contributed by atoms with Crippen LogP contribution in [0.5, 0.6) is 0 Å². The number of rotatable bonds is 2. The first kappa shape index (κ1) is 14.7. The number of aromatic amines is 1. The molecule has 0 unspecified atom stereocenters. The Labute approximate surface area is 147 Å². The summed E-state index contributed by atoms with van der Waals surface area (Å²) in [5.74, 6) is 0. The summed E-state index contributed by atoms with van der Waals surface area (Å²) in [4.78, 5) is 7.39. The molecule has 0 bridgehead atoms. The third kappa shape index (κ3) is 2.49. The van der Waals surface area contributed by atoms with Crippen molar-refractivity contribution in [2.75, 3.05) is 0 Å². The second kappa shape index (κ2) is 5.95. The Morgan fingerprint density at radius 2 is 2.08 bits per heavy atom. The highest BCUT2D eigenvalue weighted by molar-refractivity contribution is 9.10. The molecule has 4 heteroatoms. The van der Waals surface area contributed by atoms with Gasteiger partial charge in [0.05, 0.1) is 11.6 Å². The van der Waals surface area contributed by atoms with Crippen LogP contribution in [0.3, 0.4) is 0 Å². The topological polar surface area (TPSA) is 52.5 Å². The lowest BCUT2D eigenvalue weighted by atomic mass is 10.00. The van der Waals surface area contributed by atoms with Gasteiger partial charge in [0.25, 0.3) is 0 Å². The molecular weight excluding hydrogens is 362 g/mol. The first-order chi connectivity index (χ1) is 11.8. The van der Waals surface area contributed by atoms with Gasteiger partial charge in [0.1, 0.15) is 0 Å². The van der Waals surface area contributed by atoms with Crippen LogP contribution in [-0.2, 0) is 0 Å². The minimum Gasteiger partial charge on any atom is -0.360 e. The molecule has 24 heavy (non-hydrogen) atoms. The normalized spacial score (nSPS) is 11.8. The number of fused-ring (bicyclic) bond motifs is 2. The number of hydrogen-bond donors (Lipinski definition) is 1. The molecule has 0 atom stereocenters. The molecular formula is C20H12BrN3. The van der Waals surface area contributed by atoms with E-state index in [0.717, 1.165) is 37.3 Å². The van der Waals surface area contributed by atoms with Crippen molar-refractivity contribution in [1.82, 2.24) is 9.97 Å². The number of pyridine rings is 1. The van der Waals surface area contributed by atoms with E-state index >= 15 is 0 Å². The molecule has 4 aromatic rings. The quantitative estimate of drug-likeness (QED) is 0.468. The van der Waals surface area contributed by atoms with E-state index in [4.69, 9.17) is 0 Å². The molecule has 0 saturated heterocycles. The number of allylic oxidation sites excluding steroid dienone is 1. The van der Waals surface area contributed by atoms with Crippen molar-refractivity contribution >= 4 is 49.3 Å². The molecule has 2 aromatic heterocycles. The van der Waals surface area contributed by atoms with Gasteiger partial charge in [-0.25, -0.2) is 0 Å². The van der Waals surface area contributed by atoms with Crippen LogP contribution in [-0.4, -0.2) is 9.97 Å². The zero-order chi connectivity index (χ0) is 16.5. The van der Waals surface area contributed by atoms with E-state index in [-0.39, 0.29) is 0 Å². The molecule has 1 N–H and O–H groups in total. The average Bonchev–Trinajstić information content (AvgIpc) is 3.02. The van der Waals surface area contributed by atoms with Gasteiger partial charge in [-0.15, -0.1) is 0 Å². The lowest BCUT2D eigenvalue weighted by Crippen LogP contribution is -1.83. The molecule has 2 heterocycles. The number of halogens is 1. The van der Waals surface area contributed by atoms with Gasteiger partial charge in [-0.05, 0) is 35.2 Å². The van der Waals surface area contributed by atoms with Crippen molar-refractivity contribution < 1.29 is 0 Å². The fourth-order valence-electron chi connectivity index (χ4n) is 2.92. The minimum absolute atomic E-state index is 0.632. The predicted molar refractivity (Wildman–Crippen MR) is 101 cm³/mol. The second-order valence-electron chi connectivity index (χ2n) is 5.51. The van der Waals surface area contributed by atoms with E-state index < -0.39 is 0 Å². The molecule has 0 amide bonds. The van der Waals surface area contributed by atoms with Crippen LogP contribution in [0.15, 0.2) is 65.5 Å². The molecule has 0 fully saturated rings. The summed E-state index contributed by atoms with van der Waals surface area (Å²) < 4.78 is 1.01. The standard InChI is InChI=1S/C20H12BrN3/c21-16-4-5-18-19(12-24-20(18)9-16)15(10-22)8-13-2-1-3-14-11-23-7-6-17(13)14/h1-9,11-12,24H. The van der Waals surface area contributed by atoms with Crippen LogP contribution in [0.1, 0.15) is 11.1 Å². The summed E-state index contributed by atoms with van der Waals surface area (Å²) in [6.45, 7) is 0. The summed E-state index contributed by atoms with van der Waals surface area (Å²) >= 11 is 3.47. The van der Waals surface area contributed by atoms with Gasteiger partial charge in [0.15, 0.2) is 0 Å². The molecule has 2 aromatic carbocycles. The molecule has 0 spiro atoms. The number of nitrogens with one attached hydrogen (secondary N) is 1. The van der Waals surface area contributed by atoms with E-state index in [1.807, 2.05) is 60.9 Å². The highest BCUT2D eigenvalue weighted by Gasteiger charge is 2.09.